The van der Waals surface area contributed by atoms with Crippen molar-refractivity contribution in [3.63, 3.8) is 0 Å². The maximum Gasteiger partial charge on any atom is 0.430 e. The molecule has 10 N–H and O–H groups in total. The van der Waals surface area contributed by atoms with Crippen LogP contribution in [0, 0.1) is 41.4 Å². The number of aromatic nitrogens is 2. The Kier molecular flexibility index (Phi) is 39.4. The van der Waals surface area contributed by atoms with Gasteiger partial charge in [-0.2, -0.15) is 13.2 Å². The zero-order valence-corrected chi connectivity index (χ0v) is 61.1. The van der Waals surface area contributed by atoms with Gasteiger partial charge in [-0.05, 0) is 125 Å². The van der Waals surface area contributed by atoms with Crippen molar-refractivity contribution in [1.82, 2.24) is 45.9 Å². The minimum Gasteiger partial charge on any atom is -0.542 e. The lowest BCUT2D eigenvalue weighted by atomic mass is 9.88. The summed E-state index contributed by atoms with van der Waals surface area (Å²) >= 11 is 0. The number of halogens is 3. The van der Waals surface area contributed by atoms with Gasteiger partial charge in [0.15, 0.2) is 17.3 Å². The molecule has 0 saturated carbocycles. The van der Waals surface area contributed by atoms with Gasteiger partial charge in [-0.1, -0.05) is 88.3 Å². The number of alkyl carbamates (subject to hydrolysis) is 1. The molecule has 2 aromatic heterocycles. The summed E-state index contributed by atoms with van der Waals surface area (Å²) in [6, 6.07) is 13.1. The highest BCUT2D eigenvalue weighted by Crippen LogP contribution is 2.29. The van der Waals surface area contributed by atoms with Gasteiger partial charge in [0.1, 0.15) is 34.8 Å². The molecule has 7 amide bonds. The molecule has 0 bridgehead atoms. The number of methoxy groups -OCH3 is 2. The van der Waals surface area contributed by atoms with E-state index in [2.05, 4.69) is 56.7 Å². The minimum atomic E-state index is -5.19. The number of hydrogen-bond donors (Lipinski definition) is 8. The smallest absolute Gasteiger partial charge is 0.430 e. The molecule has 5 heterocycles. The van der Waals surface area contributed by atoms with Crippen LogP contribution in [0.25, 0.3) is 21.8 Å². The largest absolute Gasteiger partial charge is 0.542 e. The first kappa shape index (κ1) is 93.8. The summed E-state index contributed by atoms with van der Waals surface area (Å²) in [7, 11) is 3.13. The number of carboxylic acid groups (broad SMARTS) is 2. The highest BCUT2D eigenvalue weighted by molar-refractivity contribution is 6.03. The number of quaternary nitrogens is 1. The molecule has 0 spiro atoms. The first-order chi connectivity index (χ1) is 48.7. The molecule has 4 aromatic rings. The van der Waals surface area contributed by atoms with Crippen LogP contribution in [0.5, 0.6) is 11.5 Å². The van der Waals surface area contributed by atoms with Gasteiger partial charge in [-0.25, -0.2) is 9.59 Å². The zero-order chi connectivity index (χ0) is 78.5. The van der Waals surface area contributed by atoms with E-state index in [1.807, 2.05) is 71.9 Å². The minimum absolute atomic E-state index is 0. The summed E-state index contributed by atoms with van der Waals surface area (Å²) in [6.07, 6.45) is 1.17. The van der Waals surface area contributed by atoms with Crippen molar-refractivity contribution in [2.75, 3.05) is 73.1 Å². The Bertz CT molecular complexity index is 3710. The third-order valence-corrected chi connectivity index (χ3v) is 16.4. The van der Waals surface area contributed by atoms with E-state index in [4.69, 9.17) is 29.2 Å². The number of carbonyl (C=O) groups is 13. The lowest BCUT2D eigenvalue weighted by Gasteiger charge is -2.27. The van der Waals surface area contributed by atoms with E-state index in [-0.39, 0.29) is 149 Å². The van der Waals surface area contributed by atoms with Crippen molar-refractivity contribution in [2.24, 2.45) is 41.4 Å². The van der Waals surface area contributed by atoms with Crippen LogP contribution in [-0.4, -0.2) is 203 Å². The second kappa shape index (κ2) is 44.6. The van der Waals surface area contributed by atoms with E-state index in [0.29, 0.717) is 81.3 Å². The first-order valence-electron chi connectivity index (χ1n) is 34.0. The van der Waals surface area contributed by atoms with Crippen molar-refractivity contribution in [3.05, 3.63) is 97.9 Å². The summed E-state index contributed by atoms with van der Waals surface area (Å²) < 4.78 is 47.3. The number of ether oxygens (including phenoxy) is 3. The highest BCUT2D eigenvalue weighted by atomic mass is 19.4. The van der Waals surface area contributed by atoms with Gasteiger partial charge < -0.3 is 80.9 Å². The number of carbonyl (C=O) groups excluding carboxylic acids is 12. The third kappa shape index (κ3) is 31.2. The molecule has 3 fully saturated rings. The van der Waals surface area contributed by atoms with Crippen molar-refractivity contribution >= 4 is 98.4 Å². The van der Waals surface area contributed by atoms with Gasteiger partial charge in [0.05, 0.1) is 63.3 Å². The average Bonchev–Trinajstić information content (AvgIpc) is 1.67. The topological polar surface area (TPSA) is 410 Å². The van der Waals surface area contributed by atoms with Gasteiger partial charge in [-0.15, -0.1) is 0 Å². The van der Waals surface area contributed by atoms with Crippen LogP contribution in [0.3, 0.4) is 0 Å². The fraction of sp³-hybridized carbons (Fsp3) is 0.533. The number of H-pyrrole nitrogens is 2. The number of alkyl halides is 3. The lowest BCUT2D eigenvalue weighted by Crippen LogP contribution is -2.67. The van der Waals surface area contributed by atoms with Crippen LogP contribution in [0.2, 0.25) is 0 Å². The van der Waals surface area contributed by atoms with E-state index in [1.165, 1.54) is 20.8 Å². The molecule has 2 aromatic carbocycles. The first-order valence-corrected chi connectivity index (χ1v) is 34.0. The van der Waals surface area contributed by atoms with Gasteiger partial charge in [0.25, 0.3) is 0 Å². The molecule has 588 valence electrons. The van der Waals surface area contributed by atoms with Crippen LogP contribution < -0.4 is 41.6 Å². The standard InChI is InChI=1S/C26H33N3O5.C20H33N3O5.C15H25N3O3.C10H9NO3.C2HF3O2.2CH4/c1-5-25(32)29(14-17-9-10-27-26(17)33)15-23(31)18(11-16(2)3)12-22(30)21-13-19-20(28-21)7-6-8-24(19)34-4;1-7-17(25)23(11-14-8-9-21-18(14)26)12-16(24)15(10-13(2)3)22-19(27)28-20(4,5)6;1-4-14(20)18(8-11-5-6-17-15(11)21)9-13(19)12(16)7-10(2)3;1-14-9-4-2-3-7-6(9)5-8(11-7)10(12)13;3-2(4,5)1(6)7;;/h5-8,13,16-18,28H,1,9-12,14-15H2,2-4H3,(H,27,33);7,13-15H,1,8-12H2,2-6H3,(H,21,26)(H,22,27);4,10-12H,1,5-9,16H2,2-3H3,(H,17,21);2-5,11H,1H3,(H,12,13);(H,6,7);2*1H4/t17-,18+;14-,15-;11-,12-;;;;/m000..../s1. The Morgan fingerprint density at radius 2 is 0.981 bits per heavy atom. The molecule has 3 aliphatic rings. The number of aromatic carboxylic acids is 1. The van der Waals surface area contributed by atoms with Crippen molar-refractivity contribution in [1.29, 1.82) is 0 Å². The Labute approximate surface area is 617 Å². The molecule has 3 aliphatic heterocycles. The number of fused-ring (bicyclic) bond motifs is 2. The van der Waals surface area contributed by atoms with Gasteiger partial charge >= 0.3 is 18.2 Å². The summed E-state index contributed by atoms with van der Waals surface area (Å²) in [6.45, 7) is 29.5. The molecule has 6 atom stereocenters. The predicted molar refractivity (Wildman–Crippen MR) is 391 cm³/mol. The lowest BCUT2D eigenvalue weighted by molar-refractivity contribution is -0.406. The quantitative estimate of drug-likeness (QED) is 0.0195. The highest BCUT2D eigenvalue weighted by Gasteiger charge is 2.35. The monoisotopic (exact) mass is 1490 g/mol. The molecule has 0 unspecified atom stereocenters. The Balaban J connectivity index is 0.000000705. The molecule has 3 saturated heterocycles. The fourth-order valence-electron chi connectivity index (χ4n) is 11.3. The maximum absolute atomic E-state index is 13.3. The molecular weight excluding hydrogens is 1390 g/mol. The van der Waals surface area contributed by atoms with E-state index in [1.54, 1.807) is 53.2 Å². The SMILES string of the molecule is C.C.C=CC(=O)N(CC(=O)[C@@H](CC(=O)c1cc2c(OC)cccc2[nH]1)CC(C)C)C[C@@H]1CCNC1=O.C=CC(=O)N(CC(=O)[C@@H]([NH3+])CC(C)C)C[C@@H]1CCNC1=O.C=CC(=O)N(CC(=O)[C@H](CC(C)C)NC(=O)OC(C)(C)C)C[C@@H]1CCNC1=O.COc1cccc2[nH]c(C(=O)O)cc12.O=C([O-])C(F)(F)F. The van der Waals surface area contributed by atoms with Crippen molar-refractivity contribution in [3.8, 4) is 11.5 Å². The molecule has 31 heteroatoms. The number of hydrogen-bond acceptors (Lipinski definition) is 17. The fourth-order valence-corrected chi connectivity index (χ4v) is 11.3. The van der Waals surface area contributed by atoms with Crippen LogP contribution in [0.1, 0.15) is 143 Å². The van der Waals surface area contributed by atoms with Gasteiger partial charge in [-0.3, -0.25) is 47.9 Å². The molecule has 106 heavy (non-hydrogen) atoms. The number of amides is 7. The Morgan fingerprint density at radius 3 is 1.31 bits per heavy atom. The molecule has 0 aliphatic carbocycles. The van der Waals surface area contributed by atoms with Crippen LogP contribution in [0.15, 0.2) is 86.5 Å². The van der Waals surface area contributed by atoms with E-state index < -0.39 is 53.6 Å². The Hall–Kier alpha value is -10.2. The van der Waals surface area contributed by atoms with E-state index in [0.717, 1.165) is 34.0 Å². The third-order valence-electron chi connectivity index (χ3n) is 16.4. The van der Waals surface area contributed by atoms with Crippen molar-refractivity contribution < 1.29 is 106 Å². The van der Waals surface area contributed by atoms with Crippen LogP contribution in [-0.2, 0) is 52.7 Å². The van der Waals surface area contributed by atoms with Gasteiger partial charge in [0, 0.05) is 79.8 Å². The average molecular weight is 1500 g/mol. The molecule has 28 nitrogen and oxygen atoms in total. The van der Waals surface area contributed by atoms with E-state index in [9.17, 15) is 70.7 Å². The number of nitrogens with zero attached hydrogens (tertiary/aromatic N) is 3. The summed E-state index contributed by atoms with van der Waals surface area (Å²) in [4.78, 5) is 165. The number of carboxylic acids is 2. The summed E-state index contributed by atoms with van der Waals surface area (Å²) in [5, 5.41) is 30.0. The van der Waals surface area contributed by atoms with Gasteiger partial charge in [0.2, 0.25) is 41.2 Å². The predicted octanol–water partition coefficient (Wildman–Crippen LogP) is 6.59. The number of ketones is 4. The number of benzene rings is 2. The molecule has 7 rings (SSSR count). The zero-order valence-electron chi connectivity index (χ0n) is 61.1. The van der Waals surface area contributed by atoms with E-state index >= 15 is 0 Å². The van der Waals surface area contributed by atoms with Crippen LogP contribution in [0.4, 0.5) is 18.0 Å². The number of aromatic amines is 2. The molecule has 0 radical (unpaired) electrons. The number of Topliss-reactive ketones (excluding diaryl/α,β-unsaturated/α-hetero) is 4. The summed E-state index contributed by atoms with van der Waals surface area (Å²) in [5.41, 5.74) is 5.33. The normalized spacial score (nSPS) is 15.8. The number of rotatable bonds is 31. The molecular formula is C75H109F3N10O18. The van der Waals surface area contributed by atoms with Crippen LogP contribution >= 0.6 is 0 Å². The second-order valence-corrected chi connectivity index (χ2v) is 27.4. The number of nitrogens with one attached hydrogen (secondary N) is 6. The van der Waals surface area contributed by atoms with Crippen molar-refractivity contribution in [2.45, 2.75) is 146 Å². The maximum atomic E-state index is 13.3. The Morgan fingerprint density at radius 1 is 0.613 bits per heavy atom. The second-order valence-electron chi connectivity index (χ2n) is 27.4. The summed E-state index contributed by atoms with van der Waals surface area (Å²) in [5.74, 6) is -5.59. The number of aliphatic carboxylic acids is 1.